The van der Waals surface area contributed by atoms with E-state index in [1.54, 1.807) is 24.3 Å². The molecule has 7 nitrogen and oxygen atoms in total. The van der Waals surface area contributed by atoms with Crippen LogP contribution in [0.3, 0.4) is 0 Å². The standard InChI is InChI=1S/C23H24F3N3O4/c24-23(25,26)17-7-5-16(6-8-17)22(32)29-12-9-15(10-13-29)21(31)28-18-3-1-2-4-19(18)33-14-11-20(27)30/h1-8,15H,9-14H2,(H2,27,30)(H,28,31). The maximum absolute atomic E-state index is 12.7. The number of amides is 3. The summed E-state index contributed by atoms with van der Waals surface area (Å²) in [5.74, 6) is -0.991. The fourth-order valence-corrected chi connectivity index (χ4v) is 3.52. The molecule has 0 atom stereocenters. The van der Waals surface area contributed by atoms with Crippen LogP contribution in [0.25, 0.3) is 0 Å². The number of rotatable bonds is 7. The van der Waals surface area contributed by atoms with E-state index in [0.717, 1.165) is 12.1 Å². The van der Waals surface area contributed by atoms with Crippen LogP contribution in [0.4, 0.5) is 18.9 Å². The first-order valence-corrected chi connectivity index (χ1v) is 10.4. The molecule has 2 aromatic rings. The summed E-state index contributed by atoms with van der Waals surface area (Å²) < 4.78 is 43.7. The summed E-state index contributed by atoms with van der Waals surface area (Å²) in [6.45, 7) is 0.718. The number of nitrogens with one attached hydrogen (secondary N) is 1. The number of benzene rings is 2. The van der Waals surface area contributed by atoms with Crippen molar-refractivity contribution in [3.05, 3.63) is 59.7 Å². The van der Waals surface area contributed by atoms with E-state index in [4.69, 9.17) is 10.5 Å². The second-order valence-corrected chi connectivity index (χ2v) is 7.69. The van der Waals surface area contributed by atoms with Gasteiger partial charge in [-0.3, -0.25) is 14.4 Å². The van der Waals surface area contributed by atoms with Crippen LogP contribution in [0.2, 0.25) is 0 Å². The minimum Gasteiger partial charge on any atom is -0.491 e. The fraction of sp³-hybridized carbons (Fsp3) is 0.348. The van der Waals surface area contributed by atoms with Crippen molar-refractivity contribution in [3.63, 3.8) is 0 Å². The normalized spacial score (nSPS) is 14.6. The van der Waals surface area contributed by atoms with Gasteiger partial charge in [-0.1, -0.05) is 12.1 Å². The molecule has 0 radical (unpaired) electrons. The molecule has 1 aliphatic rings. The van der Waals surface area contributed by atoms with E-state index >= 15 is 0 Å². The Kier molecular flexibility index (Phi) is 7.57. The third-order valence-corrected chi connectivity index (χ3v) is 5.36. The van der Waals surface area contributed by atoms with Crippen molar-refractivity contribution in [2.24, 2.45) is 11.7 Å². The van der Waals surface area contributed by atoms with Crippen molar-refractivity contribution in [2.45, 2.75) is 25.4 Å². The van der Waals surface area contributed by atoms with Gasteiger partial charge in [-0.15, -0.1) is 0 Å². The number of ether oxygens (including phenoxy) is 1. The number of alkyl halides is 3. The molecule has 1 aliphatic heterocycles. The average Bonchev–Trinajstić information content (AvgIpc) is 2.79. The number of nitrogens with two attached hydrogens (primary N) is 1. The van der Waals surface area contributed by atoms with Crippen LogP contribution < -0.4 is 15.8 Å². The Morgan fingerprint density at radius 3 is 2.27 bits per heavy atom. The maximum Gasteiger partial charge on any atom is 0.416 e. The zero-order valence-electron chi connectivity index (χ0n) is 17.7. The second kappa shape index (κ2) is 10.4. The summed E-state index contributed by atoms with van der Waals surface area (Å²) in [6, 6.07) is 10.9. The number of halogens is 3. The highest BCUT2D eigenvalue weighted by Crippen LogP contribution is 2.30. The highest BCUT2D eigenvalue weighted by molar-refractivity contribution is 5.96. The smallest absolute Gasteiger partial charge is 0.416 e. The second-order valence-electron chi connectivity index (χ2n) is 7.69. The van der Waals surface area contributed by atoms with Gasteiger partial charge in [-0.2, -0.15) is 13.2 Å². The maximum atomic E-state index is 12.7. The van der Waals surface area contributed by atoms with E-state index < -0.39 is 17.6 Å². The predicted molar refractivity (Wildman–Crippen MR) is 114 cm³/mol. The van der Waals surface area contributed by atoms with Crippen LogP contribution in [0.1, 0.15) is 35.2 Å². The Morgan fingerprint density at radius 1 is 1.03 bits per heavy atom. The van der Waals surface area contributed by atoms with Gasteiger partial charge >= 0.3 is 6.18 Å². The number of para-hydroxylation sites is 2. The monoisotopic (exact) mass is 463 g/mol. The Balaban J connectivity index is 1.54. The molecule has 10 heteroatoms. The minimum atomic E-state index is -4.46. The van der Waals surface area contributed by atoms with Crippen LogP contribution in [-0.4, -0.2) is 42.3 Å². The lowest BCUT2D eigenvalue weighted by Gasteiger charge is -2.31. The molecule has 33 heavy (non-hydrogen) atoms. The Bertz CT molecular complexity index is 1000. The van der Waals surface area contributed by atoms with E-state index in [9.17, 15) is 27.6 Å². The highest BCUT2D eigenvalue weighted by atomic mass is 19.4. The Hall–Kier alpha value is -3.56. The first kappa shape index (κ1) is 24.1. The summed E-state index contributed by atoms with van der Waals surface area (Å²) in [5, 5.41) is 2.82. The fourth-order valence-electron chi connectivity index (χ4n) is 3.52. The molecular formula is C23H24F3N3O4. The summed E-state index contributed by atoms with van der Waals surface area (Å²) in [7, 11) is 0. The van der Waals surface area contributed by atoms with Gasteiger partial charge in [-0.25, -0.2) is 0 Å². The van der Waals surface area contributed by atoms with Gasteiger partial charge in [0.1, 0.15) is 5.75 Å². The topological polar surface area (TPSA) is 102 Å². The van der Waals surface area contributed by atoms with Crippen molar-refractivity contribution in [1.82, 2.24) is 4.90 Å². The van der Waals surface area contributed by atoms with Crippen molar-refractivity contribution in [2.75, 3.05) is 25.0 Å². The zero-order valence-corrected chi connectivity index (χ0v) is 17.7. The summed E-state index contributed by atoms with van der Waals surface area (Å²) in [6.07, 6.45) is -3.57. The predicted octanol–water partition coefficient (Wildman–Crippen LogP) is 3.45. The number of carbonyl (C=O) groups is 3. The highest BCUT2D eigenvalue weighted by Gasteiger charge is 2.31. The van der Waals surface area contributed by atoms with E-state index in [2.05, 4.69) is 5.32 Å². The molecule has 0 aliphatic carbocycles. The van der Waals surface area contributed by atoms with Crippen molar-refractivity contribution >= 4 is 23.4 Å². The molecule has 0 unspecified atom stereocenters. The van der Waals surface area contributed by atoms with Gasteiger partial charge in [0.2, 0.25) is 11.8 Å². The lowest BCUT2D eigenvalue weighted by molar-refractivity contribution is -0.137. The number of piperidine rings is 1. The van der Waals surface area contributed by atoms with Crippen LogP contribution in [0.15, 0.2) is 48.5 Å². The molecule has 1 fully saturated rings. The molecule has 0 bridgehead atoms. The van der Waals surface area contributed by atoms with E-state index in [1.165, 1.54) is 17.0 Å². The zero-order chi connectivity index (χ0) is 24.0. The quantitative estimate of drug-likeness (QED) is 0.657. The van der Waals surface area contributed by atoms with E-state index in [1.807, 2.05) is 0 Å². The molecule has 3 N–H and O–H groups in total. The SMILES string of the molecule is NC(=O)CCOc1ccccc1NC(=O)C1CCN(C(=O)c2ccc(C(F)(F)F)cc2)CC1. The molecule has 0 spiro atoms. The molecule has 1 heterocycles. The molecule has 176 valence electrons. The van der Waals surface area contributed by atoms with Gasteiger partial charge in [0.25, 0.3) is 5.91 Å². The molecule has 3 amide bonds. The number of primary amides is 1. The minimum absolute atomic E-state index is 0.0493. The average molecular weight is 463 g/mol. The van der Waals surface area contributed by atoms with Crippen LogP contribution in [0.5, 0.6) is 5.75 Å². The van der Waals surface area contributed by atoms with Gasteiger partial charge in [-0.05, 0) is 49.2 Å². The Labute approximate surface area is 188 Å². The van der Waals surface area contributed by atoms with E-state index in [0.29, 0.717) is 37.4 Å². The van der Waals surface area contributed by atoms with Gasteiger partial charge in [0.05, 0.1) is 24.3 Å². The summed E-state index contributed by atoms with van der Waals surface area (Å²) >= 11 is 0. The Morgan fingerprint density at radius 2 is 1.67 bits per heavy atom. The summed E-state index contributed by atoms with van der Waals surface area (Å²) in [5.41, 5.74) is 4.93. The number of hydrogen-bond donors (Lipinski definition) is 2. The van der Waals surface area contributed by atoms with Crippen molar-refractivity contribution in [1.29, 1.82) is 0 Å². The molecule has 0 aromatic heterocycles. The van der Waals surface area contributed by atoms with Gasteiger partial charge in [0.15, 0.2) is 0 Å². The molecule has 1 saturated heterocycles. The number of nitrogens with zero attached hydrogens (tertiary/aromatic N) is 1. The summed E-state index contributed by atoms with van der Waals surface area (Å²) in [4.78, 5) is 37.8. The molecule has 2 aromatic carbocycles. The van der Waals surface area contributed by atoms with Crippen LogP contribution in [-0.2, 0) is 15.8 Å². The number of hydrogen-bond acceptors (Lipinski definition) is 4. The third kappa shape index (κ3) is 6.47. The first-order chi connectivity index (χ1) is 15.6. The van der Waals surface area contributed by atoms with E-state index in [-0.39, 0.29) is 36.3 Å². The molecule has 3 rings (SSSR count). The number of likely N-dealkylation sites (tertiary alicyclic amines) is 1. The third-order valence-electron chi connectivity index (χ3n) is 5.36. The van der Waals surface area contributed by atoms with Crippen molar-refractivity contribution < 1.29 is 32.3 Å². The number of carbonyl (C=O) groups excluding carboxylic acids is 3. The molecular weight excluding hydrogens is 439 g/mol. The largest absolute Gasteiger partial charge is 0.491 e. The molecule has 0 saturated carbocycles. The van der Waals surface area contributed by atoms with Crippen LogP contribution in [0, 0.1) is 5.92 Å². The van der Waals surface area contributed by atoms with Gasteiger partial charge < -0.3 is 20.7 Å². The van der Waals surface area contributed by atoms with Crippen LogP contribution >= 0.6 is 0 Å². The van der Waals surface area contributed by atoms with Gasteiger partial charge in [0, 0.05) is 24.6 Å². The van der Waals surface area contributed by atoms with Crippen molar-refractivity contribution in [3.8, 4) is 5.75 Å². The first-order valence-electron chi connectivity index (χ1n) is 10.4. The lowest BCUT2D eigenvalue weighted by Crippen LogP contribution is -2.41. The lowest BCUT2D eigenvalue weighted by atomic mass is 9.95. The number of anilines is 1.